The first-order valence-corrected chi connectivity index (χ1v) is 9.74. The van der Waals surface area contributed by atoms with Crippen molar-refractivity contribution in [1.82, 2.24) is 20.0 Å². The molecule has 3 rings (SSSR count). The van der Waals surface area contributed by atoms with E-state index < -0.39 is 0 Å². The minimum absolute atomic E-state index is 0.140. The van der Waals surface area contributed by atoms with E-state index in [1.165, 1.54) is 6.42 Å². The molecule has 7 heteroatoms. The van der Waals surface area contributed by atoms with Crippen LogP contribution in [0.2, 0.25) is 0 Å². The summed E-state index contributed by atoms with van der Waals surface area (Å²) in [4.78, 5) is 31.1. The van der Waals surface area contributed by atoms with Gasteiger partial charge in [-0.2, -0.15) is 0 Å². The highest BCUT2D eigenvalue weighted by Crippen LogP contribution is 2.17. The summed E-state index contributed by atoms with van der Waals surface area (Å²) in [5.41, 5.74) is 0. The number of morpholine rings is 1. The molecular weight excluding hydrogens is 320 g/mol. The second-order valence-electron chi connectivity index (χ2n) is 7.52. The standard InChI is InChI=1S/C18H32N4O3/c1-15-4-2-3-6-22(15)18(24)13-20-7-9-21(10-8-20)17(23)12-16-14-25-11-5-19-16/h15-16,19H,2-14H2,1H3. The average molecular weight is 352 g/mol. The Hall–Kier alpha value is -1.18. The first-order valence-electron chi connectivity index (χ1n) is 9.74. The van der Waals surface area contributed by atoms with Gasteiger partial charge < -0.3 is 19.9 Å². The minimum atomic E-state index is 0.140. The number of rotatable bonds is 4. The third kappa shape index (κ3) is 5.15. The number of hydrogen-bond donors (Lipinski definition) is 1. The molecule has 3 aliphatic heterocycles. The number of carbonyl (C=O) groups is 2. The maximum absolute atomic E-state index is 12.5. The summed E-state index contributed by atoms with van der Waals surface area (Å²) in [6.07, 6.45) is 3.97. The topological polar surface area (TPSA) is 65.1 Å². The number of piperazine rings is 1. The molecule has 3 saturated heterocycles. The summed E-state index contributed by atoms with van der Waals surface area (Å²) < 4.78 is 5.41. The largest absolute Gasteiger partial charge is 0.378 e. The molecule has 1 N–H and O–H groups in total. The average Bonchev–Trinajstić information content (AvgIpc) is 2.63. The Bertz CT molecular complexity index is 459. The summed E-state index contributed by atoms with van der Waals surface area (Å²) in [5, 5.41) is 3.33. The van der Waals surface area contributed by atoms with Crippen molar-refractivity contribution in [2.45, 2.75) is 44.7 Å². The van der Waals surface area contributed by atoms with Gasteiger partial charge in [-0.1, -0.05) is 0 Å². The molecule has 7 nitrogen and oxygen atoms in total. The normalized spacial score (nSPS) is 28.8. The number of piperidine rings is 1. The second-order valence-corrected chi connectivity index (χ2v) is 7.52. The van der Waals surface area contributed by atoms with Gasteiger partial charge in [0.15, 0.2) is 0 Å². The van der Waals surface area contributed by atoms with Crippen LogP contribution in [0.4, 0.5) is 0 Å². The van der Waals surface area contributed by atoms with Crippen LogP contribution < -0.4 is 5.32 Å². The van der Waals surface area contributed by atoms with E-state index in [9.17, 15) is 9.59 Å². The smallest absolute Gasteiger partial charge is 0.236 e. The molecule has 2 unspecified atom stereocenters. The number of nitrogens with zero attached hydrogens (tertiary/aromatic N) is 3. The van der Waals surface area contributed by atoms with Gasteiger partial charge in [-0.25, -0.2) is 0 Å². The lowest BCUT2D eigenvalue weighted by molar-refractivity contribution is -0.137. The monoisotopic (exact) mass is 352 g/mol. The first-order chi connectivity index (χ1) is 12.1. The summed E-state index contributed by atoms with van der Waals surface area (Å²) in [6, 6.07) is 0.510. The lowest BCUT2D eigenvalue weighted by atomic mass is 10.0. The molecule has 142 valence electrons. The van der Waals surface area contributed by atoms with Gasteiger partial charge in [0.1, 0.15) is 0 Å². The van der Waals surface area contributed by atoms with E-state index in [0.29, 0.717) is 25.6 Å². The number of hydrogen-bond acceptors (Lipinski definition) is 5. The molecule has 3 fully saturated rings. The Morgan fingerprint density at radius 2 is 1.88 bits per heavy atom. The van der Waals surface area contributed by atoms with Crippen molar-refractivity contribution >= 4 is 11.8 Å². The van der Waals surface area contributed by atoms with Gasteiger partial charge in [0.2, 0.25) is 11.8 Å². The lowest BCUT2D eigenvalue weighted by Gasteiger charge is -2.38. The fourth-order valence-corrected chi connectivity index (χ4v) is 4.00. The van der Waals surface area contributed by atoms with Gasteiger partial charge in [0, 0.05) is 57.8 Å². The molecule has 0 saturated carbocycles. The number of nitrogens with one attached hydrogen (secondary N) is 1. The van der Waals surface area contributed by atoms with Crippen molar-refractivity contribution in [2.75, 3.05) is 59.0 Å². The third-order valence-corrected chi connectivity index (χ3v) is 5.63. The zero-order valence-electron chi connectivity index (χ0n) is 15.4. The number of amides is 2. The fourth-order valence-electron chi connectivity index (χ4n) is 4.00. The van der Waals surface area contributed by atoms with Crippen LogP contribution in [0.25, 0.3) is 0 Å². The van der Waals surface area contributed by atoms with E-state index in [1.54, 1.807) is 0 Å². The van der Waals surface area contributed by atoms with Crippen LogP contribution in [0.5, 0.6) is 0 Å². The Balaban J connectivity index is 1.39. The molecule has 0 spiro atoms. The molecule has 2 amide bonds. The van der Waals surface area contributed by atoms with E-state index in [0.717, 1.165) is 58.7 Å². The van der Waals surface area contributed by atoms with Gasteiger partial charge >= 0.3 is 0 Å². The molecule has 0 aromatic carbocycles. The van der Waals surface area contributed by atoms with Crippen LogP contribution in [0.1, 0.15) is 32.6 Å². The molecule has 25 heavy (non-hydrogen) atoms. The Morgan fingerprint density at radius 1 is 1.08 bits per heavy atom. The van der Waals surface area contributed by atoms with E-state index in [2.05, 4.69) is 17.1 Å². The Kier molecular flexibility index (Phi) is 6.67. The minimum Gasteiger partial charge on any atom is -0.378 e. The molecule has 2 atom stereocenters. The summed E-state index contributed by atoms with van der Waals surface area (Å²) in [5.74, 6) is 0.439. The molecular formula is C18H32N4O3. The predicted octanol–water partition coefficient (Wildman–Crippen LogP) is -0.0899. The van der Waals surface area contributed by atoms with E-state index in [-0.39, 0.29) is 17.9 Å². The highest BCUT2D eigenvalue weighted by atomic mass is 16.5. The third-order valence-electron chi connectivity index (χ3n) is 5.63. The van der Waals surface area contributed by atoms with Crippen molar-refractivity contribution in [1.29, 1.82) is 0 Å². The van der Waals surface area contributed by atoms with Crippen LogP contribution >= 0.6 is 0 Å². The Labute approximate surface area is 150 Å². The lowest BCUT2D eigenvalue weighted by Crippen LogP contribution is -2.54. The second kappa shape index (κ2) is 8.96. The fraction of sp³-hybridized carbons (Fsp3) is 0.889. The van der Waals surface area contributed by atoms with Crippen LogP contribution in [0, 0.1) is 0 Å². The van der Waals surface area contributed by atoms with Crippen molar-refractivity contribution in [2.24, 2.45) is 0 Å². The number of carbonyl (C=O) groups excluding carboxylic acids is 2. The molecule has 0 radical (unpaired) electrons. The van der Waals surface area contributed by atoms with Crippen molar-refractivity contribution in [3.8, 4) is 0 Å². The summed E-state index contributed by atoms with van der Waals surface area (Å²) >= 11 is 0. The van der Waals surface area contributed by atoms with Crippen molar-refractivity contribution in [3.63, 3.8) is 0 Å². The van der Waals surface area contributed by atoms with Crippen LogP contribution in [-0.2, 0) is 14.3 Å². The summed E-state index contributed by atoms with van der Waals surface area (Å²) in [7, 11) is 0. The SMILES string of the molecule is CC1CCCCN1C(=O)CN1CCN(C(=O)CC2COCCN2)CC1. The maximum atomic E-state index is 12.5. The van der Waals surface area contributed by atoms with E-state index >= 15 is 0 Å². The van der Waals surface area contributed by atoms with Crippen LogP contribution in [0.15, 0.2) is 0 Å². The molecule has 0 aromatic heterocycles. The quantitative estimate of drug-likeness (QED) is 0.766. The van der Waals surface area contributed by atoms with Crippen LogP contribution in [0.3, 0.4) is 0 Å². The van der Waals surface area contributed by atoms with Gasteiger partial charge in [0.25, 0.3) is 0 Å². The van der Waals surface area contributed by atoms with E-state index in [1.807, 2.05) is 9.80 Å². The van der Waals surface area contributed by atoms with Gasteiger partial charge in [-0.3, -0.25) is 14.5 Å². The summed E-state index contributed by atoms with van der Waals surface area (Å²) in [6.45, 7) is 8.72. The maximum Gasteiger partial charge on any atom is 0.236 e. The number of likely N-dealkylation sites (tertiary alicyclic amines) is 1. The first kappa shape index (κ1) is 18.6. The van der Waals surface area contributed by atoms with Crippen molar-refractivity contribution < 1.29 is 14.3 Å². The van der Waals surface area contributed by atoms with Crippen molar-refractivity contribution in [3.05, 3.63) is 0 Å². The van der Waals surface area contributed by atoms with Gasteiger partial charge in [0.05, 0.1) is 19.8 Å². The number of ether oxygens (including phenoxy) is 1. The highest BCUT2D eigenvalue weighted by Gasteiger charge is 2.28. The van der Waals surface area contributed by atoms with E-state index in [4.69, 9.17) is 4.74 Å². The molecule has 3 aliphatic rings. The Morgan fingerprint density at radius 3 is 2.56 bits per heavy atom. The predicted molar refractivity (Wildman–Crippen MR) is 95.3 cm³/mol. The highest BCUT2D eigenvalue weighted by molar-refractivity contribution is 5.79. The van der Waals surface area contributed by atoms with Gasteiger partial charge in [-0.05, 0) is 26.2 Å². The molecule has 0 bridgehead atoms. The zero-order valence-corrected chi connectivity index (χ0v) is 15.4. The van der Waals surface area contributed by atoms with Gasteiger partial charge in [-0.15, -0.1) is 0 Å². The molecule has 3 heterocycles. The van der Waals surface area contributed by atoms with Crippen LogP contribution in [-0.4, -0.2) is 97.6 Å². The molecule has 0 aromatic rings. The molecule has 0 aliphatic carbocycles. The zero-order chi connectivity index (χ0) is 17.6.